The summed E-state index contributed by atoms with van der Waals surface area (Å²) in [6.45, 7) is 3.27. The minimum absolute atomic E-state index is 0.132. The SMILES string of the molecule is CCOC(=O)C(C)Nc1cc(C(F)(F)F)cc(N)n1. The molecule has 0 saturated heterocycles. The second-order valence-electron chi connectivity index (χ2n) is 3.78. The van der Waals surface area contributed by atoms with Crippen molar-refractivity contribution in [3.63, 3.8) is 0 Å². The van der Waals surface area contributed by atoms with Gasteiger partial charge in [-0.25, -0.2) is 9.78 Å². The minimum Gasteiger partial charge on any atom is -0.464 e. The number of pyridine rings is 1. The van der Waals surface area contributed by atoms with Gasteiger partial charge in [-0.1, -0.05) is 0 Å². The number of esters is 1. The van der Waals surface area contributed by atoms with Gasteiger partial charge in [0.2, 0.25) is 0 Å². The molecule has 0 aliphatic rings. The molecule has 0 bridgehead atoms. The number of aromatic nitrogens is 1. The molecule has 0 amide bonds. The van der Waals surface area contributed by atoms with Crippen molar-refractivity contribution in [1.29, 1.82) is 0 Å². The highest BCUT2D eigenvalue weighted by molar-refractivity contribution is 5.78. The van der Waals surface area contributed by atoms with Gasteiger partial charge in [0.05, 0.1) is 12.2 Å². The molecule has 1 unspecified atom stereocenters. The highest BCUT2D eigenvalue weighted by Gasteiger charge is 2.31. The van der Waals surface area contributed by atoms with Crippen LogP contribution in [0.25, 0.3) is 0 Å². The Morgan fingerprint density at radius 1 is 1.53 bits per heavy atom. The summed E-state index contributed by atoms with van der Waals surface area (Å²) >= 11 is 0. The van der Waals surface area contributed by atoms with Crippen molar-refractivity contribution in [3.8, 4) is 0 Å². The lowest BCUT2D eigenvalue weighted by Gasteiger charge is -2.15. The van der Waals surface area contributed by atoms with Gasteiger partial charge in [0.1, 0.15) is 17.7 Å². The van der Waals surface area contributed by atoms with Crippen LogP contribution < -0.4 is 11.1 Å². The minimum atomic E-state index is -4.53. The van der Waals surface area contributed by atoms with E-state index in [0.29, 0.717) is 0 Å². The molecule has 1 aromatic heterocycles. The fourth-order valence-electron chi connectivity index (χ4n) is 1.34. The van der Waals surface area contributed by atoms with E-state index < -0.39 is 23.8 Å². The number of nitrogens with two attached hydrogens (primary N) is 1. The number of hydrogen-bond acceptors (Lipinski definition) is 5. The van der Waals surface area contributed by atoms with E-state index in [1.165, 1.54) is 6.92 Å². The summed E-state index contributed by atoms with van der Waals surface area (Å²) in [5, 5.41) is 2.51. The average molecular weight is 277 g/mol. The van der Waals surface area contributed by atoms with E-state index >= 15 is 0 Å². The van der Waals surface area contributed by atoms with E-state index in [1.54, 1.807) is 6.92 Å². The van der Waals surface area contributed by atoms with Crippen molar-refractivity contribution < 1.29 is 22.7 Å². The first kappa shape index (κ1) is 15.1. The van der Waals surface area contributed by atoms with Crippen LogP contribution >= 0.6 is 0 Å². The zero-order chi connectivity index (χ0) is 14.6. The number of halogens is 3. The number of nitrogen functional groups attached to an aromatic ring is 1. The summed E-state index contributed by atoms with van der Waals surface area (Å²) in [6, 6.07) is 0.682. The number of ether oxygens (including phenoxy) is 1. The Morgan fingerprint density at radius 2 is 2.16 bits per heavy atom. The molecular weight excluding hydrogens is 263 g/mol. The molecule has 1 rings (SSSR count). The molecule has 0 spiro atoms. The zero-order valence-electron chi connectivity index (χ0n) is 10.4. The Balaban J connectivity index is 2.90. The molecular formula is C11H14F3N3O2. The first-order valence-electron chi connectivity index (χ1n) is 5.52. The number of nitrogens with one attached hydrogen (secondary N) is 1. The predicted octanol–water partition coefficient (Wildman–Crippen LogP) is 2.05. The third-order valence-electron chi connectivity index (χ3n) is 2.18. The van der Waals surface area contributed by atoms with Crippen LogP contribution in [0, 0.1) is 0 Å². The first-order valence-corrected chi connectivity index (χ1v) is 5.52. The van der Waals surface area contributed by atoms with Gasteiger partial charge in [0.25, 0.3) is 0 Å². The molecule has 8 heteroatoms. The number of alkyl halides is 3. The van der Waals surface area contributed by atoms with Crippen LogP contribution in [0.4, 0.5) is 24.8 Å². The number of carbonyl (C=O) groups excluding carboxylic acids is 1. The average Bonchev–Trinajstić information content (AvgIpc) is 2.27. The third kappa shape index (κ3) is 4.31. The third-order valence-corrected chi connectivity index (χ3v) is 2.18. The van der Waals surface area contributed by atoms with E-state index in [4.69, 9.17) is 10.5 Å². The lowest BCUT2D eigenvalue weighted by atomic mass is 10.2. The van der Waals surface area contributed by atoms with Crippen LogP contribution in [0.1, 0.15) is 19.4 Å². The van der Waals surface area contributed by atoms with Gasteiger partial charge in [0, 0.05) is 0 Å². The molecule has 1 atom stereocenters. The van der Waals surface area contributed by atoms with Crippen LogP contribution in [-0.4, -0.2) is 23.6 Å². The number of rotatable bonds is 4. The van der Waals surface area contributed by atoms with Crippen LogP contribution in [0.2, 0.25) is 0 Å². The smallest absolute Gasteiger partial charge is 0.416 e. The maximum absolute atomic E-state index is 12.6. The predicted molar refractivity (Wildman–Crippen MR) is 63.4 cm³/mol. The lowest BCUT2D eigenvalue weighted by molar-refractivity contribution is -0.143. The molecule has 1 heterocycles. The summed E-state index contributed by atoms with van der Waals surface area (Å²) < 4.78 is 42.4. The summed E-state index contributed by atoms with van der Waals surface area (Å²) in [5.41, 5.74) is 4.37. The van der Waals surface area contributed by atoms with Crippen LogP contribution in [0.5, 0.6) is 0 Å². The Kier molecular flexibility index (Phi) is 4.57. The van der Waals surface area contributed by atoms with Crippen LogP contribution in [0.3, 0.4) is 0 Å². The molecule has 5 nitrogen and oxygen atoms in total. The largest absolute Gasteiger partial charge is 0.464 e. The Labute approximate surface area is 108 Å². The van der Waals surface area contributed by atoms with Gasteiger partial charge in [-0.05, 0) is 26.0 Å². The highest BCUT2D eigenvalue weighted by atomic mass is 19.4. The van der Waals surface area contributed by atoms with Gasteiger partial charge in [0.15, 0.2) is 0 Å². The van der Waals surface area contributed by atoms with Gasteiger partial charge < -0.3 is 15.8 Å². The maximum Gasteiger partial charge on any atom is 0.416 e. The number of nitrogens with zero attached hydrogens (tertiary/aromatic N) is 1. The topological polar surface area (TPSA) is 77.2 Å². The van der Waals surface area contributed by atoms with Gasteiger partial charge in [-0.2, -0.15) is 13.2 Å². The van der Waals surface area contributed by atoms with E-state index in [0.717, 1.165) is 12.1 Å². The second kappa shape index (κ2) is 5.77. The van der Waals surface area contributed by atoms with E-state index in [-0.39, 0.29) is 18.2 Å². The summed E-state index contributed by atoms with van der Waals surface area (Å²) in [4.78, 5) is 15.0. The fourth-order valence-corrected chi connectivity index (χ4v) is 1.34. The van der Waals surface area contributed by atoms with E-state index in [2.05, 4.69) is 10.3 Å². The highest BCUT2D eigenvalue weighted by Crippen LogP contribution is 2.31. The summed E-state index contributed by atoms with van der Waals surface area (Å²) in [6.07, 6.45) is -4.53. The van der Waals surface area contributed by atoms with Crippen LogP contribution in [0.15, 0.2) is 12.1 Å². The van der Waals surface area contributed by atoms with E-state index in [9.17, 15) is 18.0 Å². The standard InChI is InChI=1S/C11H14F3N3O2/c1-3-19-10(18)6(2)16-9-5-7(11(12,13)14)4-8(15)17-9/h4-6H,3H2,1-2H3,(H3,15,16,17). The molecule has 1 aromatic rings. The Bertz CT molecular complexity index is 463. The van der Waals surface area contributed by atoms with Crippen molar-refractivity contribution >= 4 is 17.6 Å². The molecule has 0 aromatic carbocycles. The van der Waals surface area contributed by atoms with Crippen molar-refractivity contribution in [2.45, 2.75) is 26.1 Å². The number of anilines is 2. The van der Waals surface area contributed by atoms with Gasteiger partial charge in [-0.3, -0.25) is 0 Å². The quantitative estimate of drug-likeness (QED) is 0.824. The molecule has 0 aliphatic carbocycles. The van der Waals surface area contributed by atoms with Crippen LogP contribution in [-0.2, 0) is 15.7 Å². The molecule has 106 valence electrons. The van der Waals surface area contributed by atoms with Gasteiger partial charge >= 0.3 is 12.1 Å². The Morgan fingerprint density at radius 3 is 2.68 bits per heavy atom. The zero-order valence-corrected chi connectivity index (χ0v) is 10.4. The van der Waals surface area contributed by atoms with Crippen molar-refractivity contribution in [3.05, 3.63) is 17.7 Å². The van der Waals surface area contributed by atoms with Gasteiger partial charge in [-0.15, -0.1) is 0 Å². The van der Waals surface area contributed by atoms with Crippen molar-refractivity contribution in [1.82, 2.24) is 4.98 Å². The molecule has 19 heavy (non-hydrogen) atoms. The summed E-state index contributed by atoms with van der Waals surface area (Å²) in [7, 11) is 0. The number of hydrogen-bond donors (Lipinski definition) is 2. The monoisotopic (exact) mass is 277 g/mol. The molecule has 0 fully saturated rings. The summed E-state index contributed by atoms with van der Waals surface area (Å²) in [5.74, 6) is -0.999. The fraction of sp³-hybridized carbons (Fsp3) is 0.455. The maximum atomic E-state index is 12.6. The van der Waals surface area contributed by atoms with Crippen molar-refractivity contribution in [2.24, 2.45) is 0 Å². The van der Waals surface area contributed by atoms with E-state index in [1.807, 2.05) is 0 Å². The first-order chi connectivity index (χ1) is 8.74. The Hall–Kier alpha value is -1.99. The molecule has 0 aliphatic heterocycles. The second-order valence-corrected chi connectivity index (χ2v) is 3.78. The normalized spacial score (nSPS) is 12.9. The molecule has 3 N–H and O–H groups in total. The van der Waals surface area contributed by atoms with Crippen molar-refractivity contribution in [2.75, 3.05) is 17.7 Å². The molecule has 0 radical (unpaired) electrons. The molecule has 0 saturated carbocycles. The lowest BCUT2D eigenvalue weighted by Crippen LogP contribution is -2.28. The number of carbonyl (C=O) groups is 1.